The van der Waals surface area contributed by atoms with Gasteiger partial charge in [-0.1, -0.05) is 43.5 Å². The van der Waals surface area contributed by atoms with E-state index in [-0.39, 0.29) is 0 Å². The van der Waals surface area contributed by atoms with Crippen molar-refractivity contribution in [1.82, 2.24) is 0 Å². The lowest BCUT2D eigenvalue weighted by atomic mass is 9.68. The Morgan fingerprint density at radius 2 is 1.71 bits per heavy atom. The van der Waals surface area contributed by atoms with Gasteiger partial charge in [0, 0.05) is 6.42 Å². The van der Waals surface area contributed by atoms with E-state index in [1.807, 2.05) is 0 Å². The molecule has 1 aromatic carbocycles. The molecule has 0 radical (unpaired) electrons. The fraction of sp³-hybridized carbons (Fsp3) is 0.625. The number of fused-ring (bicyclic) bond motifs is 1. The van der Waals surface area contributed by atoms with E-state index < -0.39 is 5.60 Å². The Balaban J connectivity index is 1.81. The molecule has 92 valence electrons. The van der Waals surface area contributed by atoms with Gasteiger partial charge in [0.15, 0.2) is 0 Å². The number of hydrogen-bond donors (Lipinski definition) is 1. The number of aryl methyl sites for hydroxylation is 1. The van der Waals surface area contributed by atoms with E-state index >= 15 is 0 Å². The normalized spacial score (nSPS) is 29.9. The van der Waals surface area contributed by atoms with Crippen molar-refractivity contribution in [2.75, 3.05) is 0 Å². The molecule has 0 saturated heterocycles. The number of rotatable bonds is 1. The van der Waals surface area contributed by atoms with Crippen molar-refractivity contribution < 1.29 is 5.11 Å². The molecule has 1 fully saturated rings. The monoisotopic (exact) mass is 230 g/mol. The largest absolute Gasteiger partial charge is 0.389 e. The van der Waals surface area contributed by atoms with Gasteiger partial charge in [-0.25, -0.2) is 0 Å². The maximum absolute atomic E-state index is 10.9. The first-order chi connectivity index (χ1) is 8.28. The van der Waals surface area contributed by atoms with E-state index in [2.05, 4.69) is 24.3 Å². The van der Waals surface area contributed by atoms with Crippen molar-refractivity contribution in [1.29, 1.82) is 0 Å². The first-order valence-corrected chi connectivity index (χ1v) is 7.07. The second-order valence-corrected chi connectivity index (χ2v) is 5.88. The molecule has 17 heavy (non-hydrogen) atoms. The van der Waals surface area contributed by atoms with Crippen LogP contribution in [0, 0.1) is 5.92 Å². The van der Waals surface area contributed by atoms with Crippen LogP contribution in [0.1, 0.15) is 49.7 Å². The van der Waals surface area contributed by atoms with Crippen LogP contribution in [0.25, 0.3) is 0 Å². The fourth-order valence-corrected chi connectivity index (χ4v) is 3.73. The number of hydrogen-bond acceptors (Lipinski definition) is 1. The molecule has 1 N–H and O–H groups in total. The van der Waals surface area contributed by atoms with Crippen LogP contribution in [-0.2, 0) is 12.8 Å². The second kappa shape index (κ2) is 4.45. The molecule has 0 spiro atoms. The van der Waals surface area contributed by atoms with Gasteiger partial charge in [-0.15, -0.1) is 0 Å². The minimum atomic E-state index is -0.408. The van der Waals surface area contributed by atoms with Crippen LogP contribution in [0.15, 0.2) is 24.3 Å². The zero-order chi connectivity index (χ0) is 11.7. The van der Waals surface area contributed by atoms with E-state index in [1.54, 1.807) is 0 Å². The lowest BCUT2D eigenvalue weighted by Crippen LogP contribution is -2.44. The van der Waals surface area contributed by atoms with Crippen molar-refractivity contribution in [3.63, 3.8) is 0 Å². The highest BCUT2D eigenvalue weighted by Gasteiger charge is 2.39. The van der Waals surface area contributed by atoms with Crippen LogP contribution in [0.2, 0.25) is 0 Å². The highest BCUT2D eigenvalue weighted by molar-refractivity contribution is 5.31. The minimum Gasteiger partial charge on any atom is -0.389 e. The third kappa shape index (κ3) is 2.13. The molecule has 2 aliphatic carbocycles. The average molecular weight is 230 g/mol. The van der Waals surface area contributed by atoms with Gasteiger partial charge in [0.2, 0.25) is 0 Å². The van der Waals surface area contributed by atoms with Gasteiger partial charge in [-0.05, 0) is 42.7 Å². The second-order valence-electron chi connectivity index (χ2n) is 5.88. The highest BCUT2D eigenvalue weighted by atomic mass is 16.3. The predicted octanol–water partition coefficient (Wildman–Crippen LogP) is 3.49. The highest BCUT2D eigenvalue weighted by Crippen LogP contribution is 2.40. The van der Waals surface area contributed by atoms with Gasteiger partial charge >= 0.3 is 0 Å². The molecule has 1 saturated carbocycles. The molecule has 1 atom stereocenters. The molecule has 0 aromatic heterocycles. The van der Waals surface area contributed by atoms with Crippen LogP contribution in [-0.4, -0.2) is 10.7 Å². The molecule has 1 heteroatoms. The number of aliphatic hydroxyl groups is 1. The van der Waals surface area contributed by atoms with E-state index in [0.717, 1.165) is 19.3 Å². The Bertz CT molecular complexity index is 392. The van der Waals surface area contributed by atoms with Crippen LogP contribution in [0.5, 0.6) is 0 Å². The third-order valence-electron chi connectivity index (χ3n) is 4.81. The summed E-state index contributed by atoms with van der Waals surface area (Å²) in [6, 6.07) is 8.63. The summed E-state index contributed by atoms with van der Waals surface area (Å²) in [6.07, 6.45) is 9.37. The summed E-state index contributed by atoms with van der Waals surface area (Å²) in [4.78, 5) is 0. The Labute approximate surface area is 104 Å². The van der Waals surface area contributed by atoms with E-state index in [0.29, 0.717) is 5.92 Å². The molecule has 0 heterocycles. The molecule has 2 aliphatic rings. The van der Waals surface area contributed by atoms with Gasteiger partial charge in [-0.3, -0.25) is 0 Å². The first-order valence-electron chi connectivity index (χ1n) is 7.07. The van der Waals surface area contributed by atoms with Gasteiger partial charge in [0.1, 0.15) is 0 Å². The molecular formula is C16H22O. The van der Waals surface area contributed by atoms with E-state index in [1.165, 1.54) is 43.2 Å². The summed E-state index contributed by atoms with van der Waals surface area (Å²) < 4.78 is 0. The lowest BCUT2D eigenvalue weighted by Gasteiger charge is -2.41. The topological polar surface area (TPSA) is 20.2 Å². The smallest absolute Gasteiger partial charge is 0.0719 e. The summed E-state index contributed by atoms with van der Waals surface area (Å²) in [6.45, 7) is 0. The number of benzene rings is 1. The van der Waals surface area contributed by atoms with Crippen LogP contribution in [0.4, 0.5) is 0 Å². The van der Waals surface area contributed by atoms with Crippen LogP contribution < -0.4 is 0 Å². The Morgan fingerprint density at radius 3 is 2.47 bits per heavy atom. The summed E-state index contributed by atoms with van der Waals surface area (Å²) in [5, 5.41) is 10.9. The SMILES string of the molecule is OC1(C2CCCCC2)CCc2ccccc2C1. The van der Waals surface area contributed by atoms with Crippen molar-refractivity contribution >= 4 is 0 Å². The molecule has 1 nitrogen and oxygen atoms in total. The molecular weight excluding hydrogens is 208 g/mol. The maximum atomic E-state index is 10.9. The van der Waals surface area contributed by atoms with Gasteiger partial charge in [-0.2, -0.15) is 0 Å². The Hall–Kier alpha value is -0.820. The van der Waals surface area contributed by atoms with E-state index in [4.69, 9.17) is 0 Å². The molecule has 0 aliphatic heterocycles. The molecule has 1 aromatic rings. The average Bonchev–Trinajstić information content (AvgIpc) is 2.40. The van der Waals surface area contributed by atoms with Crippen molar-refractivity contribution in [3.05, 3.63) is 35.4 Å². The Morgan fingerprint density at radius 1 is 1.00 bits per heavy atom. The summed E-state index contributed by atoms with van der Waals surface area (Å²) >= 11 is 0. The van der Waals surface area contributed by atoms with Crippen LogP contribution in [0.3, 0.4) is 0 Å². The molecule has 1 unspecified atom stereocenters. The minimum absolute atomic E-state index is 0.408. The summed E-state index contributed by atoms with van der Waals surface area (Å²) in [5.74, 6) is 0.546. The first kappa shape index (κ1) is 11.3. The molecule has 0 amide bonds. The quantitative estimate of drug-likeness (QED) is 0.783. The Kier molecular flexibility index (Phi) is 2.96. The predicted molar refractivity (Wildman–Crippen MR) is 70.0 cm³/mol. The standard InChI is InChI=1S/C16H22O/c17-16(15-8-2-1-3-9-15)11-10-13-6-4-5-7-14(13)12-16/h4-7,15,17H,1-3,8-12H2. The van der Waals surface area contributed by atoms with Crippen molar-refractivity contribution in [3.8, 4) is 0 Å². The van der Waals surface area contributed by atoms with E-state index in [9.17, 15) is 5.11 Å². The molecule has 0 bridgehead atoms. The van der Waals surface area contributed by atoms with Crippen molar-refractivity contribution in [2.45, 2.75) is 57.0 Å². The maximum Gasteiger partial charge on any atom is 0.0719 e. The van der Waals surface area contributed by atoms with Gasteiger partial charge in [0.25, 0.3) is 0 Å². The summed E-state index contributed by atoms with van der Waals surface area (Å²) in [5.41, 5.74) is 2.43. The van der Waals surface area contributed by atoms with Crippen molar-refractivity contribution in [2.24, 2.45) is 5.92 Å². The fourth-order valence-electron chi connectivity index (χ4n) is 3.73. The van der Waals surface area contributed by atoms with Crippen LogP contribution >= 0.6 is 0 Å². The third-order valence-corrected chi connectivity index (χ3v) is 4.81. The zero-order valence-electron chi connectivity index (χ0n) is 10.5. The lowest BCUT2D eigenvalue weighted by molar-refractivity contribution is -0.0438. The molecule has 3 rings (SSSR count). The zero-order valence-corrected chi connectivity index (χ0v) is 10.5. The summed E-state index contributed by atoms with van der Waals surface area (Å²) in [7, 11) is 0. The van der Waals surface area contributed by atoms with Gasteiger partial charge in [0.05, 0.1) is 5.60 Å². The van der Waals surface area contributed by atoms with Gasteiger partial charge < -0.3 is 5.11 Å².